The number of aromatic carboxylic acids is 1. The number of carbonyl (C=O) groups excluding carboxylic acids is 1. The second-order valence-electron chi connectivity index (χ2n) is 4.29. The van der Waals surface area contributed by atoms with Crippen molar-refractivity contribution < 1.29 is 14.7 Å². The lowest BCUT2D eigenvalue weighted by Gasteiger charge is -2.38. The number of carbonyl (C=O) groups is 2. The Labute approximate surface area is 104 Å². The molecule has 2 rings (SSSR count). The second-order valence-corrected chi connectivity index (χ2v) is 4.29. The highest BCUT2D eigenvalue weighted by molar-refractivity contribution is 5.84. The van der Waals surface area contributed by atoms with Crippen LogP contribution in [0.2, 0.25) is 0 Å². The van der Waals surface area contributed by atoms with Crippen LogP contribution in [-0.2, 0) is 4.79 Å². The molecule has 8 heteroatoms. The highest BCUT2D eigenvalue weighted by Gasteiger charge is 2.29. The van der Waals surface area contributed by atoms with Crippen molar-refractivity contribution in [2.75, 3.05) is 26.2 Å². The maximum atomic E-state index is 10.7. The first-order valence-corrected chi connectivity index (χ1v) is 5.68. The van der Waals surface area contributed by atoms with Crippen molar-refractivity contribution in [2.45, 2.75) is 13.0 Å². The Bertz CT molecular complexity index is 452. The Balaban J connectivity index is 1.74. The predicted octanol–water partition coefficient (Wildman–Crippen LogP) is -1.03. The summed E-state index contributed by atoms with van der Waals surface area (Å²) in [6, 6.07) is 0.169. The summed E-state index contributed by atoms with van der Waals surface area (Å²) >= 11 is 0. The van der Waals surface area contributed by atoms with Gasteiger partial charge in [0.05, 0.1) is 12.2 Å². The summed E-state index contributed by atoms with van der Waals surface area (Å²) in [4.78, 5) is 23.5. The van der Waals surface area contributed by atoms with Crippen LogP contribution >= 0.6 is 0 Å². The summed E-state index contributed by atoms with van der Waals surface area (Å²) < 4.78 is 1.58. The molecule has 1 aliphatic heterocycles. The van der Waals surface area contributed by atoms with Gasteiger partial charge < -0.3 is 10.4 Å². The third kappa shape index (κ3) is 2.83. The van der Waals surface area contributed by atoms with Gasteiger partial charge in [0.15, 0.2) is 5.69 Å². The number of carboxylic acids is 1. The minimum atomic E-state index is -1.07. The predicted molar refractivity (Wildman–Crippen MR) is 61.1 cm³/mol. The lowest BCUT2D eigenvalue weighted by molar-refractivity contribution is -0.119. The number of rotatable bonds is 5. The molecule has 0 aliphatic carbocycles. The molecular weight excluding hydrogens is 238 g/mol. The van der Waals surface area contributed by atoms with Crippen LogP contribution in [0.4, 0.5) is 0 Å². The van der Waals surface area contributed by atoms with Crippen molar-refractivity contribution in [1.29, 1.82) is 0 Å². The van der Waals surface area contributed by atoms with Gasteiger partial charge in [-0.3, -0.25) is 9.69 Å². The van der Waals surface area contributed by atoms with Crippen molar-refractivity contribution >= 4 is 11.9 Å². The van der Waals surface area contributed by atoms with Gasteiger partial charge in [-0.05, 0) is 0 Å². The lowest BCUT2D eigenvalue weighted by atomic mass is 10.1. The van der Waals surface area contributed by atoms with E-state index in [2.05, 4.69) is 20.5 Å². The molecule has 0 radical (unpaired) electrons. The van der Waals surface area contributed by atoms with Crippen molar-refractivity contribution in [3.05, 3.63) is 11.9 Å². The quantitative estimate of drug-likeness (QED) is 0.696. The second kappa shape index (κ2) is 5.13. The molecule has 98 valence electrons. The van der Waals surface area contributed by atoms with Crippen LogP contribution < -0.4 is 5.32 Å². The van der Waals surface area contributed by atoms with E-state index >= 15 is 0 Å². The Morgan fingerprint density at radius 1 is 1.56 bits per heavy atom. The van der Waals surface area contributed by atoms with E-state index in [1.165, 1.54) is 13.1 Å². The third-order valence-electron chi connectivity index (χ3n) is 2.84. The zero-order valence-corrected chi connectivity index (χ0v) is 10.0. The van der Waals surface area contributed by atoms with Crippen molar-refractivity contribution in [3.8, 4) is 0 Å². The van der Waals surface area contributed by atoms with Crippen molar-refractivity contribution in [2.24, 2.45) is 0 Å². The van der Waals surface area contributed by atoms with E-state index in [0.717, 1.165) is 19.6 Å². The number of hydrogen-bond acceptors (Lipinski definition) is 5. The van der Waals surface area contributed by atoms with Gasteiger partial charge in [0, 0.05) is 33.1 Å². The van der Waals surface area contributed by atoms with E-state index in [4.69, 9.17) is 5.11 Å². The zero-order valence-electron chi connectivity index (χ0n) is 10.0. The van der Waals surface area contributed by atoms with Gasteiger partial charge >= 0.3 is 5.97 Å². The minimum Gasteiger partial charge on any atom is -0.476 e. The summed E-state index contributed by atoms with van der Waals surface area (Å²) in [5.41, 5.74) is -0.0355. The average molecular weight is 253 g/mol. The molecule has 0 bridgehead atoms. The molecule has 2 N–H and O–H groups in total. The fourth-order valence-electron chi connectivity index (χ4n) is 1.84. The summed E-state index contributed by atoms with van der Waals surface area (Å²) in [6.07, 6.45) is 1.44. The standard InChI is InChI=1S/C10H15N5O3/c1-7(16)11-2-3-14-4-8(5-14)15-6-9(10(17)18)12-13-15/h6,8H,2-5H2,1H3,(H,11,16)(H,17,18). The van der Waals surface area contributed by atoms with Gasteiger partial charge in [-0.15, -0.1) is 5.10 Å². The number of likely N-dealkylation sites (tertiary alicyclic amines) is 1. The van der Waals surface area contributed by atoms with E-state index in [9.17, 15) is 9.59 Å². The maximum Gasteiger partial charge on any atom is 0.358 e. The summed E-state index contributed by atoms with van der Waals surface area (Å²) in [6.45, 7) is 4.49. The Morgan fingerprint density at radius 3 is 2.83 bits per heavy atom. The average Bonchev–Trinajstić information content (AvgIpc) is 2.69. The number of amides is 1. The SMILES string of the molecule is CC(=O)NCCN1CC(n2cc(C(=O)O)nn2)C1. The summed E-state index contributed by atoms with van der Waals surface area (Å²) in [5.74, 6) is -1.10. The maximum absolute atomic E-state index is 10.7. The van der Waals surface area contributed by atoms with Crippen molar-refractivity contribution in [1.82, 2.24) is 25.2 Å². The van der Waals surface area contributed by atoms with Crippen LogP contribution in [-0.4, -0.2) is 63.1 Å². The molecule has 1 aliphatic rings. The molecule has 1 fully saturated rings. The third-order valence-corrected chi connectivity index (χ3v) is 2.84. The molecule has 0 unspecified atom stereocenters. The first-order chi connectivity index (χ1) is 8.56. The monoisotopic (exact) mass is 253 g/mol. The lowest BCUT2D eigenvalue weighted by Crippen LogP contribution is -2.50. The van der Waals surface area contributed by atoms with Gasteiger partial charge in [0.1, 0.15) is 0 Å². The Hall–Kier alpha value is -1.96. The normalized spacial score (nSPS) is 16.3. The van der Waals surface area contributed by atoms with Gasteiger partial charge in [0.25, 0.3) is 0 Å². The topological polar surface area (TPSA) is 100 Å². The highest BCUT2D eigenvalue weighted by atomic mass is 16.4. The largest absolute Gasteiger partial charge is 0.476 e. The molecule has 1 aromatic rings. The zero-order chi connectivity index (χ0) is 13.1. The first kappa shape index (κ1) is 12.5. The minimum absolute atomic E-state index is 0.0329. The van der Waals surface area contributed by atoms with E-state index in [1.54, 1.807) is 4.68 Å². The van der Waals surface area contributed by atoms with Crippen molar-refractivity contribution in [3.63, 3.8) is 0 Å². The molecule has 1 aromatic heterocycles. The fraction of sp³-hybridized carbons (Fsp3) is 0.600. The molecular formula is C10H15N5O3. The van der Waals surface area contributed by atoms with E-state index < -0.39 is 5.97 Å². The molecule has 0 saturated carbocycles. The van der Waals surface area contributed by atoms with Gasteiger partial charge in [0.2, 0.25) is 5.91 Å². The van der Waals surface area contributed by atoms with Crippen LogP contribution in [0.15, 0.2) is 6.20 Å². The van der Waals surface area contributed by atoms with Crippen LogP contribution in [0.5, 0.6) is 0 Å². The summed E-state index contributed by atoms with van der Waals surface area (Å²) in [5, 5.41) is 18.8. The molecule has 1 saturated heterocycles. The Kier molecular flexibility index (Phi) is 3.56. The molecule has 0 spiro atoms. The Morgan fingerprint density at radius 2 is 2.28 bits per heavy atom. The van der Waals surface area contributed by atoms with Crippen LogP contribution in [0.25, 0.3) is 0 Å². The molecule has 0 atom stereocenters. The molecule has 8 nitrogen and oxygen atoms in total. The fourth-order valence-corrected chi connectivity index (χ4v) is 1.84. The van der Waals surface area contributed by atoms with E-state index in [0.29, 0.717) is 6.54 Å². The number of nitrogens with one attached hydrogen (secondary N) is 1. The molecule has 1 amide bonds. The van der Waals surface area contributed by atoms with Gasteiger partial charge in [-0.1, -0.05) is 5.21 Å². The molecule has 18 heavy (non-hydrogen) atoms. The van der Waals surface area contributed by atoms with Crippen LogP contribution in [0.1, 0.15) is 23.5 Å². The number of carboxylic acid groups (broad SMARTS) is 1. The number of hydrogen-bond donors (Lipinski definition) is 2. The summed E-state index contributed by atoms with van der Waals surface area (Å²) in [7, 11) is 0. The van der Waals surface area contributed by atoms with E-state index in [-0.39, 0.29) is 17.6 Å². The smallest absolute Gasteiger partial charge is 0.358 e. The number of aromatic nitrogens is 3. The van der Waals surface area contributed by atoms with Gasteiger partial charge in [-0.2, -0.15) is 0 Å². The molecule has 2 heterocycles. The van der Waals surface area contributed by atoms with Gasteiger partial charge in [-0.25, -0.2) is 9.48 Å². The van der Waals surface area contributed by atoms with Crippen LogP contribution in [0.3, 0.4) is 0 Å². The highest BCUT2D eigenvalue weighted by Crippen LogP contribution is 2.19. The molecule has 0 aromatic carbocycles. The first-order valence-electron chi connectivity index (χ1n) is 5.68. The van der Waals surface area contributed by atoms with E-state index in [1.807, 2.05) is 0 Å². The number of nitrogens with zero attached hydrogens (tertiary/aromatic N) is 4. The van der Waals surface area contributed by atoms with Crippen LogP contribution in [0, 0.1) is 0 Å².